The lowest BCUT2D eigenvalue weighted by Gasteiger charge is -2.38. The molecule has 0 fully saturated rings. The molecule has 37 heavy (non-hydrogen) atoms. The average Bonchev–Trinajstić information content (AvgIpc) is 2.91. The van der Waals surface area contributed by atoms with Crippen LogP contribution in [0, 0.1) is 0 Å². The molecule has 3 N–H and O–H groups in total. The first-order chi connectivity index (χ1) is 18.1. The zero-order valence-electron chi connectivity index (χ0n) is 21.7. The van der Waals surface area contributed by atoms with Gasteiger partial charge in [-0.05, 0) is 49.1 Å². The number of benzene rings is 2. The number of nitrogens with two attached hydrogens (primary N) is 1. The molecule has 2 unspecified atom stereocenters. The van der Waals surface area contributed by atoms with E-state index >= 15 is 0 Å². The van der Waals surface area contributed by atoms with Gasteiger partial charge in [-0.3, -0.25) is 14.5 Å². The number of fused-ring (bicyclic) bond motifs is 5. The minimum absolute atomic E-state index is 0.0150. The molecule has 6 bridgehead atoms. The Morgan fingerprint density at radius 1 is 0.946 bits per heavy atom. The Morgan fingerprint density at radius 3 is 2.51 bits per heavy atom. The summed E-state index contributed by atoms with van der Waals surface area (Å²) in [4.78, 5) is 32.9. The number of nitrogens with zero attached hydrogens (tertiary/aromatic N) is 2. The molecule has 8 heteroatoms. The van der Waals surface area contributed by atoms with Gasteiger partial charge in [0, 0.05) is 36.0 Å². The molecule has 2 aromatic rings. The second kappa shape index (κ2) is 10.8. The summed E-state index contributed by atoms with van der Waals surface area (Å²) < 4.78 is 11.7. The minimum Gasteiger partial charge on any atom is -0.493 e. The zero-order valence-corrected chi connectivity index (χ0v) is 21.7. The topological polar surface area (TPSA) is 106 Å². The van der Waals surface area contributed by atoms with E-state index in [0.29, 0.717) is 37.4 Å². The van der Waals surface area contributed by atoms with E-state index in [2.05, 4.69) is 17.4 Å². The summed E-state index contributed by atoms with van der Waals surface area (Å²) in [7, 11) is 0. The lowest BCUT2D eigenvalue weighted by atomic mass is 9.93. The number of amides is 2. The van der Waals surface area contributed by atoms with E-state index in [0.717, 1.165) is 49.0 Å². The van der Waals surface area contributed by atoms with Gasteiger partial charge in [0.05, 0.1) is 31.3 Å². The number of ether oxygens (including phenoxy) is 2. The van der Waals surface area contributed by atoms with Crippen LogP contribution in [0.5, 0.6) is 11.5 Å². The number of hydrogen-bond donors (Lipinski definition) is 2. The summed E-state index contributed by atoms with van der Waals surface area (Å²) >= 11 is 0. The van der Waals surface area contributed by atoms with Crippen molar-refractivity contribution in [2.75, 3.05) is 13.2 Å². The van der Waals surface area contributed by atoms with E-state index in [1.807, 2.05) is 32.0 Å². The number of carbonyl (C=O) groups excluding carboxylic acids is 2. The Morgan fingerprint density at radius 2 is 1.70 bits per heavy atom. The van der Waals surface area contributed by atoms with Crippen molar-refractivity contribution in [1.82, 2.24) is 10.2 Å². The fourth-order valence-electron chi connectivity index (χ4n) is 5.71. The number of aliphatic imine (C=N–C) groups is 1. The fourth-order valence-corrected chi connectivity index (χ4v) is 5.71. The van der Waals surface area contributed by atoms with Gasteiger partial charge in [-0.15, -0.1) is 0 Å². The van der Waals surface area contributed by atoms with Gasteiger partial charge in [0.2, 0.25) is 5.91 Å². The highest BCUT2D eigenvalue weighted by Gasteiger charge is 2.37. The lowest BCUT2D eigenvalue weighted by molar-refractivity contribution is -0.130. The molecule has 5 heterocycles. The molecule has 5 aliphatic rings. The third-order valence-electron chi connectivity index (χ3n) is 7.50. The molecule has 8 nitrogen and oxygen atoms in total. The number of nitrogens with one attached hydrogen (secondary N) is 1. The molecule has 0 saturated heterocycles. The Kier molecular flexibility index (Phi) is 7.35. The van der Waals surface area contributed by atoms with E-state index in [9.17, 15) is 9.59 Å². The summed E-state index contributed by atoms with van der Waals surface area (Å²) in [5, 5.41) is 3.21. The van der Waals surface area contributed by atoms with Gasteiger partial charge in [0.15, 0.2) is 5.96 Å². The van der Waals surface area contributed by atoms with Gasteiger partial charge in [0.25, 0.3) is 5.91 Å². The van der Waals surface area contributed by atoms with Crippen LogP contribution in [0.15, 0.2) is 41.4 Å². The fraction of sp³-hybridized carbons (Fsp3) is 0.483. The molecule has 0 spiro atoms. The molecule has 2 aromatic carbocycles. The molecule has 7 rings (SSSR count). The minimum atomic E-state index is -0.297. The van der Waals surface area contributed by atoms with Gasteiger partial charge in [-0.25, -0.2) is 4.99 Å². The maximum Gasteiger partial charge on any atom is 0.251 e. The number of aryl methyl sites for hydroxylation is 1. The predicted octanol–water partition coefficient (Wildman–Crippen LogP) is 4.43. The van der Waals surface area contributed by atoms with Gasteiger partial charge in [0.1, 0.15) is 11.5 Å². The van der Waals surface area contributed by atoms with Crippen LogP contribution in [-0.2, 0) is 11.2 Å². The summed E-state index contributed by atoms with van der Waals surface area (Å²) in [6.07, 6.45) is 5.39. The summed E-state index contributed by atoms with van der Waals surface area (Å²) in [6.45, 7) is 5.04. The van der Waals surface area contributed by atoms with Crippen molar-refractivity contribution in [1.29, 1.82) is 0 Å². The monoisotopic (exact) mass is 504 g/mol. The Labute approximate surface area is 218 Å². The van der Waals surface area contributed by atoms with Crippen LogP contribution in [0.3, 0.4) is 0 Å². The molecular weight excluding hydrogens is 468 g/mol. The third kappa shape index (κ3) is 5.02. The summed E-state index contributed by atoms with van der Waals surface area (Å²) in [5.74, 6) is 1.61. The van der Waals surface area contributed by atoms with Crippen LogP contribution in [0.25, 0.3) is 0 Å². The molecule has 196 valence electrons. The predicted molar refractivity (Wildman–Crippen MR) is 142 cm³/mol. The van der Waals surface area contributed by atoms with Gasteiger partial charge in [-0.1, -0.05) is 32.4 Å². The normalized spacial score (nSPS) is 24.8. The number of hydrogen-bond acceptors (Lipinski definition) is 6. The molecule has 0 aromatic heterocycles. The highest BCUT2D eigenvalue weighted by Crippen LogP contribution is 2.39. The van der Waals surface area contributed by atoms with Gasteiger partial charge in [-0.2, -0.15) is 0 Å². The summed E-state index contributed by atoms with van der Waals surface area (Å²) in [5.41, 5.74) is 9.94. The number of guanidine groups is 1. The standard InChI is InChI=1S/C27H30N4O4.C2H6/c28-27-29-18-4-2-1-3-16-5-7-23-19(13-16)21(9-11-34-23)30-26(33)17-6-8-24-20(14-17)22(10-12-35-24)31(27)25(32)15-18;1-2/h5-8,13-14,18,21-22H,1-4,9-12,15H2,(H2,28,29)(H,30,33);1-2H3/t18?,21?,22-;/m1./s1. The van der Waals surface area contributed by atoms with Crippen molar-refractivity contribution < 1.29 is 19.1 Å². The number of carbonyl (C=O) groups is 2. The van der Waals surface area contributed by atoms with Crippen LogP contribution in [0.4, 0.5) is 0 Å². The Balaban J connectivity index is 0.00000137. The third-order valence-corrected chi connectivity index (χ3v) is 7.50. The van der Waals surface area contributed by atoms with Crippen molar-refractivity contribution in [3.05, 3.63) is 58.7 Å². The Bertz CT molecular complexity index is 1210. The Hall–Kier alpha value is -3.55. The highest BCUT2D eigenvalue weighted by molar-refractivity contribution is 5.99. The quantitative estimate of drug-likeness (QED) is 0.552. The van der Waals surface area contributed by atoms with E-state index in [1.54, 1.807) is 11.0 Å². The van der Waals surface area contributed by atoms with Crippen molar-refractivity contribution in [3.63, 3.8) is 0 Å². The van der Waals surface area contributed by atoms with Crippen LogP contribution in [0.1, 0.15) is 91.5 Å². The van der Waals surface area contributed by atoms with Crippen molar-refractivity contribution in [2.45, 2.75) is 76.9 Å². The van der Waals surface area contributed by atoms with E-state index in [4.69, 9.17) is 20.2 Å². The molecule has 0 radical (unpaired) electrons. The SMILES string of the molecule is CC.NC1=NC2CCCCc3ccc4c(c3)C(CCO4)NC(=O)c3ccc4c(c3)[C@@H](CCO4)N1C(=O)C2. The van der Waals surface area contributed by atoms with E-state index in [-0.39, 0.29) is 35.9 Å². The average molecular weight is 505 g/mol. The largest absolute Gasteiger partial charge is 0.493 e. The van der Waals surface area contributed by atoms with Crippen LogP contribution < -0.4 is 20.5 Å². The van der Waals surface area contributed by atoms with Crippen molar-refractivity contribution >= 4 is 17.8 Å². The van der Waals surface area contributed by atoms with E-state index in [1.165, 1.54) is 5.56 Å². The first-order valence-electron chi connectivity index (χ1n) is 13.6. The molecular formula is C29H36N4O4. The maximum atomic E-state index is 13.4. The van der Waals surface area contributed by atoms with Gasteiger partial charge < -0.3 is 20.5 Å². The first kappa shape index (κ1) is 25.1. The second-order valence-electron chi connectivity index (χ2n) is 9.80. The molecule has 3 atom stereocenters. The highest BCUT2D eigenvalue weighted by atomic mass is 16.5. The number of rotatable bonds is 0. The zero-order chi connectivity index (χ0) is 25.9. The van der Waals surface area contributed by atoms with Crippen molar-refractivity contribution in [2.24, 2.45) is 10.7 Å². The van der Waals surface area contributed by atoms with Crippen molar-refractivity contribution in [3.8, 4) is 11.5 Å². The molecule has 0 saturated carbocycles. The molecule has 0 aliphatic carbocycles. The van der Waals surface area contributed by atoms with E-state index < -0.39 is 0 Å². The van der Waals surface area contributed by atoms with Crippen LogP contribution in [0.2, 0.25) is 0 Å². The lowest BCUT2D eigenvalue weighted by Crippen LogP contribution is -2.50. The summed E-state index contributed by atoms with van der Waals surface area (Å²) in [6, 6.07) is 11.2. The second-order valence-corrected chi connectivity index (χ2v) is 9.80. The van der Waals surface area contributed by atoms with Gasteiger partial charge >= 0.3 is 0 Å². The molecule has 5 aliphatic heterocycles. The molecule has 2 amide bonds. The van der Waals surface area contributed by atoms with Crippen LogP contribution in [-0.4, -0.2) is 41.9 Å². The smallest absolute Gasteiger partial charge is 0.251 e. The van der Waals surface area contributed by atoms with Crippen LogP contribution >= 0.6 is 0 Å². The first-order valence-corrected chi connectivity index (χ1v) is 13.6. The maximum absolute atomic E-state index is 13.4.